The lowest BCUT2D eigenvalue weighted by atomic mass is 10.1. The molecule has 0 N–H and O–H groups in total. The van der Waals surface area contributed by atoms with E-state index < -0.39 is 0 Å². The Morgan fingerprint density at radius 3 is 1.96 bits per heavy atom. The highest BCUT2D eigenvalue weighted by atomic mass is 35.5. The van der Waals surface area contributed by atoms with E-state index >= 15 is 0 Å². The van der Waals surface area contributed by atoms with E-state index in [1.54, 1.807) is 18.2 Å². The van der Waals surface area contributed by atoms with E-state index in [0.717, 1.165) is 57.8 Å². The number of carbonyl (C=O) groups excluding carboxylic acids is 2. The number of ether oxygens (including phenoxy) is 2. The first-order chi connectivity index (χ1) is 13.0. The van der Waals surface area contributed by atoms with Crippen LogP contribution in [0.5, 0.6) is 5.75 Å². The molecule has 1 rings (SSSR count). The maximum Gasteiger partial charge on any atom is 0.311 e. The summed E-state index contributed by atoms with van der Waals surface area (Å²) in [6.07, 6.45) is 9.68. The summed E-state index contributed by atoms with van der Waals surface area (Å²) in [7, 11) is 0. The van der Waals surface area contributed by atoms with Gasteiger partial charge in [-0.3, -0.25) is 9.59 Å². The number of unbranched alkanes of at least 4 members (excludes halogenated alkanes) is 7. The Balaban J connectivity index is 1.99. The maximum atomic E-state index is 11.9. The molecule has 1 aromatic carbocycles. The minimum absolute atomic E-state index is 0.0907. The minimum Gasteiger partial charge on any atom is -0.466 e. The van der Waals surface area contributed by atoms with Crippen LogP contribution < -0.4 is 4.74 Å². The lowest BCUT2D eigenvalue weighted by Crippen LogP contribution is -2.08. The second-order valence-electron chi connectivity index (χ2n) is 6.57. The van der Waals surface area contributed by atoms with Gasteiger partial charge in [0.2, 0.25) is 0 Å². The topological polar surface area (TPSA) is 52.6 Å². The minimum atomic E-state index is -0.323. The van der Waals surface area contributed by atoms with Crippen molar-refractivity contribution in [3.05, 3.63) is 28.2 Å². The van der Waals surface area contributed by atoms with E-state index in [-0.39, 0.29) is 17.7 Å². The average Bonchev–Trinajstić information content (AvgIpc) is 2.64. The first-order valence-electron chi connectivity index (χ1n) is 9.85. The van der Waals surface area contributed by atoms with Crippen LogP contribution in [0, 0.1) is 0 Å². The number of benzene rings is 1. The lowest BCUT2D eigenvalue weighted by Gasteiger charge is -2.08. The molecule has 0 spiro atoms. The molecule has 6 heteroatoms. The van der Waals surface area contributed by atoms with Crippen LogP contribution in [0.15, 0.2) is 18.2 Å². The summed E-state index contributed by atoms with van der Waals surface area (Å²) in [5.74, 6) is -0.185. The van der Waals surface area contributed by atoms with Crippen molar-refractivity contribution in [1.29, 1.82) is 0 Å². The molecule has 0 fully saturated rings. The lowest BCUT2D eigenvalue weighted by molar-refractivity contribution is -0.144. The van der Waals surface area contributed by atoms with Gasteiger partial charge in [-0.1, -0.05) is 74.7 Å². The summed E-state index contributed by atoms with van der Waals surface area (Å²) < 4.78 is 10.4. The molecular formula is C21H30Cl2O4. The highest BCUT2D eigenvalue weighted by Crippen LogP contribution is 2.32. The molecule has 0 aliphatic rings. The average molecular weight is 417 g/mol. The second kappa shape index (κ2) is 14.8. The van der Waals surface area contributed by atoms with Gasteiger partial charge < -0.3 is 9.47 Å². The molecule has 0 amide bonds. The van der Waals surface area contributed by atoms with Gasteiger partial charge >= 0.3 is 11.9 Å². The molecule has 0 aromatic heterocycles. The van der Waals surface area contributed by atoms with Crippen molar-refractivity contribution < 1.29 is 19.1 Å². The van der Waals surface area contributed by atoms with Crippen molar-refractivity contribution in [3.63, 3.8) is 0 Å². The molecule has 0 aliphatic heterocycles. The fourth-order valence-electron chi connectivity index (χ4n) is 2.60. The monoisotopic (exact) mass is 416 g/mol. The highest BCUT2D eigenvalue weighted by molar-refractivity contribution is 6.37. The van der Waals surface area contributed by atoms with Crippen LogP contribution in [0.2, 0.25) is 10.0 Å². The van der Waals surface area contributed by atoms with Crippen LogP contribution in [0.25, 0.3) is 0 Å². The third-order valence-electron chi connectivity index (χ3n) is 4.16. The van der Waals surface area contributed by atoms with Crippen molar-refractivity contribution in [1.82, 2.24) is 0 Å². The van der Waals surface area contributed by atoms with Crippen molar-refractivity contribution in [2.45, 2.75) is 77.6 Å². The number of rotatable bonds is 14. The van der Waals surface area contributed by atoms with Gasteiger partial charge in [0.15, 0.2) is 5.75 Å². The Morgan fingerprint density at radius 1 is 0.815 bits per heavy atom. The van der Waals surface area contributed by atoms with Crippen LogP contribution in [-0.2, 0) is 14.3 Å². The second-order valence-corrected chi connectivity index (χ2v) is 7.39. The standard InChI is InChI=1S/C21H30Cl2O4/c1-2-3-10-16-26-19(24)14-8-6-4-5-7-9-15-20(25)27-21-17(22)12-11-13-18(21)23/h11-13H,2-10,14-16H2,1H3. The van der Waals surface area contributed by atoms with E-state index in [1.807, 2.05) is 0 Å². The first-order valence-corrected chi connectivity index (χ1v) is 10.6. The zero-order valence-corrected chi connectivity index (χ0v) is 17.6. The molecule has 0 saturated heterocycles. The molecule has 0 radical (unpaired) electrons. The van der Waals surface area contributed by atoms with Crippen molar-refractivity contribution in [2.75, 3.05) is 6.61 Å². The quantitative estimate of drug-likeness (QED) is 0.191. The molecular weight excluding hydrogens is 387 g/mol. The molecule has 0 saturated carbocycles. The summed E-state index contributed by atoms with van der Waals surface area (Å²) in [5.41, 5.74) is 0. The summed E-state index contributed by atoms with van der Waals surface area (Å²) in [6.45, 7) is 2.67. The number of para-hydroxylation sites is 1. The molecule has 4 nitrogen and oxygen atoms in total. The maximum absolute atomic E-state index is 11.9. The largest absolute Gasteiger partial charge is 0.466 e. The first kappa shape index (κ1) is 23.8. The summed E-state index contributed by atoms with van der Waals surface area (Å²) >= 11 is 12.0. The van der Waals surface area contributed by atoms with Crippen LogP contribution >= 0.6 is 23.2 Å². The Morgan fingerprint density at radius 2 is 1.37 bits per heavy atom. The van der Waals surface area contributed by atoms with Crippen molar-refractivity contribution in [3.8, 4) is 5.75 Å². The van der Waals surface area contributed by atoms with E-state index in [1.165, 1.54) is 0 Å². The number of esters is 2. The van der Waals surface area contributed by atoms with Gasteiger partial charge in [0, 0.05) is 12.8 Å². The number of hydrogen-bond acceptors (Lipinski definition) is 4. The van der Waals surface area contributed by atoms with Crippen molar-refractivity contribution >= 4 is 35.1 Å². The summed E-state index contributed by atoms with van der Waals surface area (Å²) in [6, 6.07) is 4.97. The van der Waals surface area contributed by atoms with Gasteiger partial charge in [-0.15, -0.1) is 0 Å². The Bertz CT molecular complexity index is 555. The molecule has 0 heterocycles. The van der Waals surface area contributed by atoms with Crippen molar-refractivity contribution in [2.24, 2.45) is 0 Å². The zero-order chi connectivity index (χ0) is 19.9. The van der Waals surface area contributed by atoms with Gasteiger partial charge in [0.05, 0.1) is 16.7 Å². The Labute approximate surface area is 172 Å². The third-order valence-corrected chi connectivity index (χ3v) is 4.75. The van der Waals surface area contributed by atoms with Crippen LogP contribution in [0.3, 0.4) is 0 Å². The fourth-order valence-corrected chi connectivity index (χ4v) is 3.08. The van der Waals surface area contributed by atoms with Gasteiger partial charge in [0.1, 0.15) is 0 Å². The van der Waals surface area contributed by atoms with Gasteiger partial charge in [-0.05, 0) is 31.4 Å². The summed E-state index contributed by atoms with van der Waals surface area (Å²) in [5, 5.41) is 0.666. The van der Waals surface area contributed by atoms with E-state index in [0.29, 0.717) is 29.5 Å². The number of halogens is 2. The van der Waals surface area contributed by atoms with E-state index in [4.69, 9.17) is 32.7 Å². The molecule has 0 unspecified atom stereocenters. The van der Waals surface area contributed by atoms with Crippen LogP contribution in [0.4, 0.5) is 0 Å². The van der Waals surface area contributed by atoms with E-state index in [2.05, 4.69) is 6.92 Å². The van der Waals surface area contributed by atoms with Gasteiger partial charge in [-0.2, -0.15) is 0 Å². The third kappa shape index (κ3) is 11.2. The fraction of sp³-hybridized carbons (Fsp3) is 0.619. The predicted octanol–water partition coefficient (Wildman–Crippen LogP) is 6.75. The molecule has 1 aromatic rings. The number of hydrogen-bond donors (Lipinski definition) is 0. The Hall–Kier alpha value is -1.26. The Kier molecular flexibility index (Phi) is 13.0. The van der Waals surface area contributed by atoms with Crippen LogP contribution in [0.1, 0.15) is 77.6 Å². The summed E-state index contributed by atoms with van der Waals surface area (Å²) in [4.78, 5) is 23.4. The number of carbonyl (C=O) groups is 2. The molecule has 27 heavy (non-hydrogen) atoms. The van der Waals surface area contributed by atoms with Crippen LogP contribution in [-0.4, -0.2) is 18.5 Å². The smallest absolute Gasteiger partial charge is 0.311 e. The predicted molar refractivity (Wildman–Crippen MR) is 110 cm³/mol. The molecule has 0 aliphatic carbocycles. The molecule has 152 valence electrons. The van der Waals surface area contributed by atoms with Gasteiger partial charge in [0.25, 0.3) is 0 Å². The SMILES string of the molecule is CCCCCOC(=O)CCCCCCCCC(=O)Oc1c(Cl)cccc1Cl. The molecule has 0 atom stereocenters. The van der Waals surface area contributed by atoms with Gasteiger partial charge in [-0.25, -0.2) is 0 Å². The molecule has 0 bridgehead atoms. The normalized spacial score (nSPS) is 10.6. The van der Waals surface area contributed by atoms with E-state index in [9.17, 15) is 9.59 Å². The zero-order valence-electron chi connectivity index (χ0n) is 16.1. The highest BCUT2D eigenvalue weighted by Gasteiger charge is 2.11.